The lowest BCUT2D eigenvalue weighted by atomic mass is 10.0. The van der Waals surface area contributed by atoms with Crippen LogP contribution in [0.2, 0.25) is 0 Å². The maximum atomic E-state index is 11.9. The molecular formula is C17H21NO2S. The summed E-state index contributed by atoms with van der Waals surface area (Å²) in [7, 11) is 0. The number of thioether (sulfide) groups is 1. The van der Waals surface area contributed by atoms with Gasteiger partial charge in [-0.1, -0.05) is 18.2 Å². The molecule has 4 heteroatoms. The number of hydrogen-bond acceptors (Lipinski definition) is 3. The lowest BCUT2D eigenvalue weighted by Gasteiger charge is -2.07. The second-order valence-corrected chi connectivity index (χ2v) is 6.18. The van der Waals surface area contributed by atoms with Gasteiger partial charge in [-0.2, -0.15) is 11.8 Å². The van der Waals surface area contributed by atoms with E-state index in [0.29, 0.717) is 13.0 Å². The molecule has 112 valence electrons. The third-order valence-corrected chi connectivity index (χ3v) is 4.31. The van der Waals surface area contributed by atoms with E-state index in [0.717, 1.165) is 22.8 Å². The van der Waals surface area contributed by atoms with E-state index in [1.165, 1.54) is 11.1 Å². The van der Waals surface area contributed by atoms with Gasteiger partial charge >= 0.3 is 0 Å². The van der Waals surface area contributed by atoms with Crippen LogP contribution in [0.25, 0.3) is 0 Å². The van der Waals surface area contributed by atoms with E-state index in [9.17, 15) is 4.79 Å². The van der Waals surface area contributed by atoms with Crippen LogP contribution < -0.4 is 5.32 Å². The monoisotopic (exact) mass is 303 g/mol. The van der Waals surface area contributed by atoms with Crippen molar-refractivity contribution in [3.63, 3.8) is 0 Å². The molecule has 0 aliphatic carbocycles. The zero-order valence-electron chi connectivity index (χ0n) is 12.5. The summed E-state index contributed by atoms with van der Waals surface area (Å²) in [5.74, 6) is 2.79. The summed E-state index contributed by atoms with van der Waals surface area (Å²) in [6, 6.07) is 10.0. The first-order valence-electron chi connectivity index (χ1n) is 7.08. The first-order valence-corrected chi connectivity index (χ1v) is 8.23. The Morgan fingerprint density at radius 2 is 2.10 bits per heavy atom. The molecule has 0 aliphatic heterocycles. The largest absolute Gasteiger partial charge is 0.468 e. The van der Waals surface area contributed by atoms with Gasteiger partial charge in [0.25, 0.3) is 0 Å². The third kappa shape index (κ3) is 5.31. The van der Waals surface area contributed by atoms with Gasteiger partial charge in [-0.05, 0) is 42.7 Å². The van der Waals surface area contributed by atoms with Gasteiger partial charge in [0.15, 0.2) is 0 Å². The molecule has 0 radical (unpaired) electrons. The number of amides is 1. The van der Waals surface area contributed by atoms with Gasteiger partial charge in [0, 0.05) is 12.3 Å². The maximum Gasteiger partial charge on any atom is 0.224 e. The van der Waals surface area contributed by atoms with Crippen LogP contribution in [0.5, 0.6) is 0 Å². The Bertz CT molecular complexity index is 578. The average Bonchev–Trinajstić information content (AvgIpc) is 2.96. The van der Waals surface area contributed by atoms with Gasteiger partial charge in [-0.25, -0.2) is 0 Å². The van der Waals surface area contributed by atoms with Gasteiger partial charge in [0.1, 0.15) is 5.76 Å². The van der Waals surface area contributed by atoms with Crippen LogP contribution in [0.15, 0.2) is 41.0 Å². The second kappa shape index (κ2) is 7.93. The number of carbonyl (C=O) groups is 1. The minimum Gasteiger partial charge on any atom is -0.468 e. The van der Waals surface area contributed by atoms with E-state index in [1.807, 2.05) is 18.2 Å². The van der Waals surface area contributed by atoms with Crippen LogP contribution >= 0.6 is 11.8 Å². The molecule has 2 rings (SSSR count). The molecule has 0 bridgehead atoms. The number of benzene rings is 1. The molecule has 0 spiro atoms. The minimum atomic E-state index is 0.0804. The van der Waals surface area contributed by atoms with Gasteiger partial charge in [0.2, 0.25) is 5.91 Å². The molecule has 21 heavy (non-hydrogen) atoms. The summed E-state index contributed by atoms with van der Waals surface area (Å²) in [6.07, 6.45) is 2.13. The fourth-order valence-electron chi connectivity index (χ4n) is 1.99. The quantitative estimate of drug-likeness (QED) is 0.796. The minimum absolute atomic E-state index is 0.0804. The summed E-state index contributed by atoms with van der Waals surface area (Å²) < 4.78 is 5.25. The number of nitrogens with one attached hydrogen (secondary N) is 1. The molecule has 0 saturated heterocycles. The highest BCUT2D eigenvalue weighted by atomic mass is 32.2. The van der Waals surface area contributed by atoms with Crippen LogP contribution in [0, 0.1) is 13.8 Å². The van der Waals surface area contributed by atoms with Crippen molar-refractivity contribution < 1.29 is 9.21 Å². The molecule has 3 nitrogen and oxygen atoms in total. The standard InChI is InChI=1S/C17H21NO2S/c1-13-5-6-15(10-14(13)2)11-17(19)18-7-9-21-12-16-4-3-8-20-16/h3-6,8,10H,7,9,11-12H2,1-2H3,(H,18,19). The third-order valence-electron chi connectivity index (χ3n) is 3.33. The zero-order valence-corrected chi connectivity index (χ0v) is 13.3. The summed E-state index contributed by atoms with van der Waals surface area (Å²) in [5.41, 5.74) is 3.56. The highest BCUT2D eigenvalue weighted by molar-refractivity contribution is 7.98. The van der Waals surface area contributed by atoms with Crippen molar-refractivity contribution in [2.24, 2.45) is 0 Å². The molecule has 1 aromatic heterocycles. The molecule has 0 aliphatic rings. The molecule has 1 aromatic carbocycles. The average molecular weight is 303 g/mol. The van der Waals surface area contributed by atoms with Crippen LogP contribution in [-0.2, 0) is 17.0 Å². The summed E-state index contributed by atoms with van der Waals surface area (Å²) in [5, 5.41) is 2.95. The van der Waals surface area contributed by atoms with Gasteiger partial charge in [-0.3, -0.25) is 4.79 Å². The predicted molar refractivity (Wildman–Crippen MR) is 87.5 cm³/mol. The topological polar surface area (TPSA) is 42.2 Å². The van der Waals surface area contributed by atoms with Gasteiger partial charge in [-0.15, -0.1) is 0 Å². The Balaban J connectivity index is 1.64. The molecule has 0 unspecified atom stereocenters. The highest BCUT2D eigenvalue weighted by Crippen LogP contribution is 2.12. The maximum absolute atomic E-state index is 11.9. The van der Waals surface area contributed by atoms with Crippen molar-refractivity contribution in [1.82, 2.24) is 5.32 Å². The van der Waals surface area contributed by atoms with Crippen molar-refractivity contribution in [1.29, 1.82) is 0 Å². The molecule has 1 amide bonds. The summed E-state index contributed by atoms with van der Waals surface area (Å²) in [6.45, 7) is 4.84. The molecule has 0 atom stereocenters. The van der Waals surface area contributed by atoms with Crippen molar-refractivity contribution in [2.75, 3.05) is 12.3 Å². The molecular weight excluding hydrogens is 282 g/mol. The molecule has 1 N–H and O–H groups in total. The van der Waals surface area contributed by atoms with E-state index in [4.69, 9.17) is 4.42 Å². The van der Waals surface area contributed by atoms with E-state index < -0.39 is 0 Å². The van der Waals surface area contributed by atoms with E-state index in [2.05, 4.69) is 31.3 Å². The van der Waals surface area contributed by atoms with Crippen molar-refractivity contribution in [2.45, 2.75) is 26.0 Å². The SMILES string of the molecule is Cc1ccc(CC(=O)NCCSCc2ccco2)cc1C. The lowest BCUT2D eigenvalue weighted by molar-refractivity contribution is -0.120. The predicted octanol–water partition coefficient (Wildman–Crippen LogP) is 3.49. The number of aryl methyl sites for hydroxylation is 2. The fourth-order valence-corrected chi connectivity index (χ4v) is 2.75. The summed E-state index contributed by atoms with van der Waals surface area (Å²) >= 11 is 1.76. The van der Waals surface area contributed by atoms with E-state index in [1.54, 1.807) is 18.0 Å². The van der Waals surface area contributed by atoms with Crippen molar-refractivity contribution in [3.05, 3.63) is 59.0 Å². The number of rotatable bonds is 7. The Morgan fingerprint density at radius 1 is 1.24 bits per heavy atom. The van der Waals surface area contributed by atoms with Gasteiger partial charge in [0.05, 0.1) is 18.4 Å². The number of furan rings is 1. The number of carbonyl (C=O) groups excluding carboxylic acids is 1. The Kier molecular flexibility index (Phi) is 5.93. The first-order chi connectivity index (χ1) is 10.1. The van der Waals surface area contributed by atoms with Crippen LogP contribution in [0.1, 0.15) is 22.5 Å². The fraction of sp³-hybridized carbons (Fsp3) is 0.353. The summed E-state index contributed by atoms with van der Waals surface area (Å²) in [4.78, 5) is 11.9. The van der Waals surface area contributed by atoms with Gasteiger partial charge < -0.3 is 9.73 Å². The van der Waals surface area contributed by atoms with E-state index >= 15 is 0 Å². The molecule has 2 aromatic rings. The first kappa shape index (κ1) is 15.7. The Morgan fingerprint density at radius 3 is 2.81 bits per heavy atom. The Hall–Kier alpha value is -1.68. The van der Waals surface area contributed by atoms with Crippen molar-refractivity contribution >= 4 is 17.7 Å². The lowest BCUT2D eigenvalue weighted by Crippen LogP contribution is -2.27. The van der Waals surface area contributed by atoms with Crippen LogP contribution in [0.3, 0.4) is 0 Å². The normalized spacial score (nSPS) is 10.6. The Labute approximate surface area is 130 Å². The second-order valence-electron chi connectivity index (χ2n) is 5.08. The highest BCUT2D eigenvalue weighted by Gasteiger charge is 2.04. The molecule has 0 fully saturated rings. The number of hydrogen-bond donors (Lipinski definition) is 1. The van der Waals surface area contributed by atoms with Crippen LogP contribution in [0.4, 0.5) is 0 Å². The molecule has 0 saturated carbocycles. The molecule has 1 heterocycles. The van der Waals surface area contributed by atoms with E-state index in [-0.39, 0.29) is 5.91 Å². The zero-order chi connectivity index (χ0) is 15.1. The smallest absolute Gasteiger partial charge is 0.224 e. The van der Waals surface area contributed by atoms with Crippen LogP contribution in [-0.4, -0.2) is 18.2 Å². The van der Waals surface area contributed by atoms with Crippen molar-refractivity contribution in [3.8, 4) is 0 Å².